The lowest BCUT2D eigenvalue weighted by atomic mass is 10.1. The zero-order chi connectivity index (χ0) is 22.8. The molecule has 0 atom stereocenters. The summed E-state index contributed by atoms with van der Waals surface area (Å²) in [6, 6.07) is 10.7. The zero-order valence-corrected chi connectivity index (χ0v) is 19.4. The van der Waals surface area contributed by atoms with Gasteiger partial charge in [-0.2, -0.15) is 0 Å². The summed E-state index contributed by atoms with van der Waals surface area (Å²) < 4.78 is 3.34. The lowest BCUT2D eigenvalue weighted by molar-refractivity contribution is -0.113. The van der Waals surface area contributed by atoms with Crippen LogP contribution in [0.25, 0.3) is 5.65 Å². The first kappa shape index (κ1) is 22.0. The Labute approximate surface area is 193 Å². The summed E-state index contributed by atoms with van der Waals surface area (Å²) in [6.45, 7) is 3.79. The van der Waals surface area contributed by atoms with Crippen LogP contribution in [0.4, 0.5) is 5.69 Å². The Balaban J connectivity index is 1.47. The van der Waals surface area contributed by atoms with E-state index in [-0.39, 0.29) is 17.2 Å². The number of benzene rings is 1. The molecule has 3 aromatic heterocycles. The first-order chi connectivity index (χ1) is 15.3. The molecule has 32 heavy (non-hydrogen) atoms. The molecule has 8 nitrogen and oxygen atoms in total. The van der Waals surface area contributed by atoms with Crippen LogP contribution >= 0.6 is 23.4 Å². The predicted molar refractivity (Wildman–Crippen MR) is 126 cm³/mol. The van der Waals surface area contributed by atoms with Gasteiger partial charge in [-0.15, -0.1) is 10.2 Å². The Morgan fingerprint density at radius 3 is 2.66 bits per heavy atom. The van der Waals surface area contributed by atoms with Gasteiger partial charge in [-0.25, -0.2) is 4.98 Å². The van der Waals surface area contributed by atoms with Crippen molar-refractivity contribution >= 4 is 40.6 Å². The van der Waals surface area contributed by atoms with Crippen LogP contribution in [-0.4, -0.2) is 35.8 Å². The highest BCUT2D eigenvalue weighted by Gasteiger charge is 2.16. The van der Waals surface area contributed by atoms with E-state index < -0.39 is 0 Å². The number of nitrogens with one attached hydrogen (secondary N) is 1. The molecule has 0 aliphatic carbocycles. The van der Waals surface area contributed by atoms with E-state index in [0.717, 1.165) is 5.56 Å². The topological polar surface area (TPSA) is 94.2 Å². The number of hydrogen-bond donors (Lipinski definition) is 1. The van der Waals surface area contributed by atoms with Crippen LogP contribution in [0.5, 0.6) is 0 Å². The van der Waals surface area contributed by atoms with Crippen molar-refractivity contribution in [2.75, 3.05) is 11.1 Å². The third-order valence-corrected chi connectivity index (χ3v) is 6.28. The molecule has 0 spiro atoms. The van der Waals surface area contributed by atoms with Gasteiger partial charge in [0.2, 0.25) is 5.91 Å². The quantitative estimate of drug-likeness (QED) is 0.436. The molecule has 0 radical (unpaired) electrons. The number of aromatic nitrogens is 5. The Morgan fingerprint density at radius 1 is 1.16 bits per heavy atom. The van der Waals surface area contributed by atoms with E-state index in [2.05, 4.69) is 20.5 Å². The van der Waals surface area contributed by atoms with Crippen LogP contribution < -0.4 is 10.9 Å². The van der Waals surface area contributed by atoms with Gasteiger partial charge in [0.1, 0.15) is 11.5 Å². The van der Waals surface area contributed by atoms with Crippen molar-refractivity contribution < 1.29 is 4.79 Å². The number of halogens is 1. The number of hydrogen-bond acceptors (Lipinski definition) is 6. The van der Waals surface area contributed by atoms with E-state index >= 15 is 0 Å². The van der Waals surface area contributed by atoms with Crippen molar-refractivity contribution in [3.05, 3.63) is 80.6 Å². The summed E-state index contributed by atoms with van der Waals surface area (Å²) in [5.74, 6) is 0.636. The number of carbonyl (C=O) groups is 1. The fourth-order valence-electron chi connectivity index (χ4n) is 3.23. The lowest BCUT2D eigenvalue weighted by Crippen LogP contribution is -2.22. The number of amides is 1. The number of nitrogens with zero attached hydrogens (tertiary/aromatic N) is 5. The standard InChI is InChI=1S/C22H21ClN6O2S/c1-13-8-9-29-18(10-13)24-14(2)17(21(29)31)11-19-26-27-22(28(19)3)32-12-20(30)25-16-6-4-15(23)5-7-16/h4-10H,11-12H2,1-3H3,(H,25,30). The molecular formula is C22H21ClN6O2S. The highest BCUT2D eigenvalue weighted by atomic mass is 35.5. The fourth-order valence-corrected chi connectivity index (χ4v) is 4.09. The molecular weight excluding hydrogens is 448 g/mol. The fraction of sp³-hybridized carbons (Fsp3) is 0.227. The normalized spacial score (nSPS) is 11.1. The molecule has 3 heterocycles. The molecule has 164 valence electrons. The minimum atomic E-state index is -0.162. The largest absolute Gasteiger partial charge is 0.325 e. The van der Waals surface area contributed by atoms with Crippen LogP contribution in [0.15, 0.2) is 52.5 Å². The first-order valence-corrected chi connectivity index (χ1v) is 11.2. The van der Waals surface area contributed by atoms with Crippen LogP contribution in [0, 0.1) is 13.8 Å². The first-order valence-electron chi connectivity index (χ1n) is 9.87. The molecule has 1 amide bonds. The number of anilines is 1. The Hall–Kier alpha value is -3.17. The molecule has 10 heteroatoms. The predicted octanol–water partition coefficient (Wildman–Crippen LogP) is 3.41. The maximum absolute atomic E-state index is 13.0. The number of thioether (sulfide) groups is 1. The van der Waals surface area contributed by atoms with Gasteiger partial charge in [0.05, 0.1) is 5.75 Å². The highest BCUT2D eigenvalue weighted by Crippen LogP contribution is 2.19. The molecule has 0 aliphatic heterocycles. The maximum Gasteiger partial charge on any atom is 0.261 e. The third-order valence-electron chi connectivity index (χ3n) is 5.01. The summed E-state index contributed by atoms with van der Waals surface area (Å²) in [4.78, 5) is 29.8. The third kappa shape index (κ3) is 4.68. The van der Waals surface area contributed by atoms with Gasteiger partial charge in [0.25, 0.3) is 5.56 Å². The summed E-state index contributed by atoms with van der Waals surface area (Å²) in [5.41, 5.74) is 3.45. The van der Waals surface area contributed by atoms with Crippen LogP contribution in [0.2, 0.25) is 5.02 Å². The van der Waals surface area contributed by atoms with Crippen molar-refractivity contribution in [1.29, 1.82) is 0 Å². The minimum absolute atomic E-state index is 0.118. The van der Waals surface area contributed by atoms with E-state index in [4.69, 9.17) is 11.6 Å². The Bertz CT molecular complexity index is 1360. The van der Waals surface area contributed by atoms with Crippen molar-refractivity contribution in [2.24, 2.45) is 7.05 Å². The smallest absolute Gasteiger partial charge is 0.261 e. The number of rotatable bonds is 6. The van der Waals surface area contributed by atoms with Gasteiger partial charge in [-0.3, -0.25) is 14.0 Å². The van der Waals surface area contributed by atoms with E-state index in [1.165, 1.54) is 11.8 Å². The highest BCUT2D eigenvalue weighted by molar-refractivity contribution is 7.99. The second-order valence-corrected chi connectivity index (χ2v) is 8.77. The Morgan fingerprint density at radius 2 is 1.91 bits per heavy atom. The van der Waals surface area contributed by atoms with Gasteiger partial charge < -0.3 is 9.88 Å². The molecule has 4 aromatic rings. The number of fused-ring (bicyclic) bond motifs is 1. The molecule has 0 unspecified atom stereocenters. The maximum atomic E-state index is 13.0. The minimum Gasteiger partial charge on any atom is -0.325 e. The van der Waals surface area contributed by atoms with Gasteiger partial charge in [0, 0.05) is 41.6 Å². The van der Waals surface area contributed by atoms with E-state index in [9.17, 15) is 9.59 Å². The van der Waals surface area contributed by atoms with Gasteiger partial charge >= 0.3 is 0 Å². The average molecular weight is 469 g/mol. The van der Waals surface area contributed by atoms with Gasteiger partial charge in [-0.1, -0.05) is 23.4 Å². The van der Waals surface area contributed by atoms with E-state index in [1.807, 2.05) is 33.0 Å². The number of aryl methyl sites for hydroxylation is 2. The summed E-state index contributed by atoms with van der Waals surface area (Å²) in [5, 5.41) is 12.4. The van der Waals surface area contributed by atoms with Crippen molar-refractivity contribution in [2.45, 2.75) is 25.4 Å². The van der Waals surface area contributed by atoms with Crippen molar-refractivity contribution in [3.8, 4) is 0 Å². The van der Waals surface area contributed by atoms with Gasteiger partial charge in [-0.05, 0) is 55.8 Å². The van der Waals surface area contributed by atoms with Crippen molar-refractivity contribution in [3.63, 3.8) is 0 Å². The molecule has 1 aromatic carbocycles. The second-order valence-electron chi connectivity index (χ2n) is 7.39. The molecule has 0 saturated carbocycles. The zero-order valence-electron chi connectivity index (χ0n) is 17.8. The molecule has 0 fully saturated rings. The summed E-state index contributed by atoms with van der Waals surface area (Å²) in [7, 11) is 1.82. The van der Waals surface area contributed by atoms with E-state index in [0.29, 0.717) is 45.0 Å². The second kappa shape index (κ2) is 9.13. The van der Waals surface area contributed by atoms with Crippen molar-refractivity contribution in [1.82, 2.24) is 24.1 Å². The monoisotopic (exact) mass is 468 g/mol. The molecule has 0 aliphatic rings. The van der Waals surface area contributed by atoms with Crippen LogP contribution in [-0.2, 0) is 18.3 Å². The number of pyridine rings is 1. The molecule has 4 rings (SSSR count). The van der Waals surface area contributed by atoms with Crippen LogP contribution in [0.1, 0.15) is 22.6 Å². The summed E-state index contributed by atoms with van der Waals surface area (Å²) >= 11 is 7.14. The Kier molecular flexibility index (Phi) is 6.29. The van der Waals surface area contributed by atoms with E-state index in [1.54, 1.807) is 39.4 Å². The average Bonchev–Trinajstić information content (AvgIpc) is 3.10. The lowest BCUT2D eigenvalue weighted by Gasteiger charge is -2.09. The molecule has 0 saturated heterocycles. The van der Waals surface area contributed by atoms with Crippen LogP contribution in [0.3, 0.4) is 0 Å². The number of carbonyl (C=O) groups excluding carboxylic acids is 1. The molecule has 1 N–H and O–H groups in total. The summed E-state index contributed by atoms with van der Waals surface area (Å²) in [6.07, 6.45) is 2.04. The SMILES string of the molecule is Cc1ccn2c(=O)c(Cc3nnc(SCC(=O)Nc4ccc(Cl)cc4)n3C)c(C)nc2c1. The van der Waals surface area contributed by atoms with Gasteiger partial charge in [0.15, 0.2) is 5.16 Å². The molecule has 0 bridgehead atoms.